The van der Waals surface area contributed by atoms with Crippen molar-refractivity contribution in [3.63, 3.8) is 0 Å². The quantitative estimate of drug-likeness (QED) is 0.552. The van der Waals surface area contributed by atoms with Crippen molar-refractivity contribution in [2.75, 3.05) is 23.7 Å². The smallest absolute Gasteiger partial charge is 0.224 e. The Morgan fingerprint density at radius 2 is 1.63 bits per heavy atom. The lowest BCUT2D eigenvalue weighted by atomic mass is 10.2. The average Bonchev–Trinajstić information content (AvgIpc) is 3.28. The molecule has 4 rings (SSSR count). The minimum atomic E-state index is 0. The van der Waals surface area contributed by atoms with Crippen LogP contribution in [0, 0.1) is 0 Å². The van der Waals surface area contributed by atoms with E-state index in [2.05, 4.69) is 42.3 Å². The molecule has 1 saturated carbocycles. The highest BCUT2D eigenvalue weighted by Crippen LogP contribution is 2.31. The largest absolute Gasteiger partial charge is 0.383 e. The van der Waals surface area contributed by atoms with Gasteiger partial charge in [0.2, 0.25) is 5.95 Å². The van der Waals surface area contributed by atoms with Crippen molar-refractivity contribution in [2.45, 2.75) is 31.7 Å². The number of hydrogen-bond donors (Lipinski definition) is 2. The van der Waals surface area contributed by atoms with Gasteiger partial charge in [-0.3, -0.25) is 0 Å². The van der Waals surface area contributed by atoms with Crippen LogP contribution in [-0.2, 0) is 0 Å². The Labute approximate surface area is 177 Å². The van der Waals surface area contributed by atoms with Crippen LogP contribution in [0.15, 0.2) is 42.9 Å². The predicted molar refractivity (Wildman–Crippen MR) is 118 cm³/mol. The third-order valence-corrected chi connectivity index (χ3v) is 4.54. The number of anilines is 2. The van der Waals surface area contributed by atoms with Crippen molar-refractivity contribution < 1.29 is 0 Å². The molecule has 148 valence electrons. The van der Waals surface area contributed by atoms with Crippen molar-refractivity contribution in [1.82, 2.24) is 19.5 Å². The Morgan fingerprint density at radius 1 is 0.926 bits per heavy atom. The Balaban J connectivity index is 0.00000121. The molecule has 0 bridgehead atoms. The number of halogens is 3. The van der Waals surface area contributed by atoms with Gasteiger partial charge in [0.25, 0.3) is 0 Å². The number of nitrogens with zero attached hydrogens (tertiary/aromatic N) is 4. The molecule has 2 aromatic heterocycles. The molecule has 1 aliphatic carbocycles. The zero-order valence-corrected chi connectivity index (χ0v) is 17.3. The topological polar surface area (TPSA) is 67.7 Å². The fourth-order valence-corrected chi connectivity index (χ4v) is 3.30. The average molecular weight is 432 g/mol. The molecule has 0 amide bonds. The third-order valence-electron chi connectivity index (χ3n) is 4.54. The van der Waals surface area contributed by atoms with Crippen molar-refractivity contribution >= 4 is 60.0 Å². The van der Waals surface area contributed by atoms with E-state index in [0.717, 1.165) is 29.9 Å². The van der Waals surface area contributed by atoms with Crippen LogP contribution < -0.4 is 10.6 Å². The lowest BCUT2D eigenvalue weighted by Gasteiger charge is -2.12. The summed E-state index contributed by atoms with van der Waals surface area (Å²) in [4.78, 5) is 13.5. The van der Waals surface area contributed by atoms with Gasteiger partial charge in [0.15, 0.2) is 5.65 Å². The molecule has 0 unspecified atom stereocenters. The molecule has 2 N–H and O–H groups in total. The highest BCUT2D eigenvalue weighted by Gasteiger charge is 2.19. The monoisotopic (exact) mass is 430 g/mol. The molecule has 0 aliphatic heterocycles. The Morgan fingerprint density at radius 3 is 2.37 bits per heavy atom. The number of fused-ring (bicyclic) bond motifs is 1. The lowest BCUT2D eigenvalue weighted by molar-refractivity contribution is 0.529. The van der Waals surface area contributed by atoms with Crippen LogP contribution in [0.5, 0.6) is 0 Å². The van der Waals surface area contributed by atoms with E-state index in [-0.39, 0.29) is 37.2 Å². The first-order chi connectivity index (χ1) is 11.9. The normalized spacial score (nSPS) is 13.3. The second kappa shape index (κ2) is 11.2. The van der Waals surface area contributed by atoms with Gasteiger partial charge in [-0.2, -0.15) is 4.98 Å². The van der Waals surface area contributed by atoms with Crippen molar-refractivity contribution in [3.8, 4) is 0 Å². The molecule has 1 aliphatic rings. The van der Waals surface area contributed by atoms with Gasteiger partial charge in [-0.1, -0.05) is 31.0 Å². The number of hydrogen-bond acceptors (Lipinski definition) is 5. The summed E-state index contributed by atoms with van der Waals surface area (Å²) < 4.78 is 2.22. The highest BCUT2D eigenvalue weighted by atomic mass is 35.5. The number of nitrogens with one attached hydrogen (secondary N) is 2. The van der Waals surface area contributed by atoms with Crippen LogP contribution in [0.4, 0.5) is 11.6 Å². The van der Waals surface area contributed by atoms with Gasteiger partial charge in [-0.05, 0) is 25.0 Å². The van der Waals surface area contributed by atoms with Gasteiger partial charge in [-0.25, -0.2) is 9.97 Å². The van der Waals surface area contributed by atoms with Gasteiger partial charge in [-0.15, -0.1) is 37.2 Å². The highest BCUT2D eigenvalue weighted by molar-refractivity contribution is 5.86. The maximum Gasteiger partial charge on any atom is 0.224 e. The first kappa shape index (κ1) is 23.3. The van der Waals surface area contributed by atoms with Gasteiger partial charge < -0.3 is 15.2 Å². The molecule has 6 nitrogen and oxygen atoms in total. The van der Waals surface area contributed by atoms with E-state index < -0.39 is 0 Å². The molecule has 0 radical (unpaired) electrons. The first-order valence-electron chi connectivity index (χ1n) is 8.62. The van der Waals surface area contributed by atoms with Crippen molar-refractivity contribution in [2.24, 2.45) is 0 Å². The van der Waals surface area contributed by atoms with Crippen LogP contribution in [0.2, 0.25) is 0 Å². The molecular formula is C18H25Cl3N6. The van der Waals surface area contributed by atoms with Crippen LogP contribution in [0.3, 0.4) is 0 Å². The summed E-state index contributed by atoms with van der Waals surface area (Å²) in [5.41, 5.74) is 2.93. The fraction of sp³-hybridized carbons (Fsp3) is 0.389. The maximum atomic E-state index is 4.67. The number of aromatic nitrogens is 4. The van der Waals surface area contributed by atoms with E-state index in [0.29, 0.717) is 12.0 Å². The minimum absolute atomic E-state index is 0. The second-order valence-electron chi connectivity index (χ2n) is 6.21. The van der Waals surface area contributed by atoms with E-state index in [4.69, 9.17) is 0 Å². The van der Waals surface area contributed by atoms with E-state index in [1.165, 1.54) is 25.7 Å². The van der Waals surface area contributed by atoms with Gasteiger partial charge in [0.05, 0.1) is 12.5 Å². The third kappa shape index (κ3) is 5.61. The summed E-state index contributed by atoms with van der Waals surface area (Å²) in [5.74, 6) is 0.664. The van der Waals surface area contributed by atoms with Gasteiger partial charge >= 0.3 is 0 Å². The number of rotatable bonds is 6. The van der Waals surface area contributed by atoms with Crippen LogP contribution in [0.1, 0.15) is 31.7 Å². The standard InChI is InChI=1S/C18H22N6.3ClH/c1-2-6-14(7-3-1)19-10-11-20-18-21-12-16-17(23-18)24(13-22-16)15-8-4-5-9-15;;;/h1-3,6-7,12-13,15,19H,4-5,8-11H2,(H,20,21,23);3*1H. The Kier molecular flexibility index (Phi) is 9.63. The number of imidazole rings is 1. The SMILES string of the molecule is Cl.Cl.Cl.c1ccc(NCCNc2ncc3ncn(C4CCCC4)c3n2)cc1. The van der Waals surface area contributed by atoms with E-state index in [1.807, 2.05) is 24.5 Å². The summed E-state index contributed by atoms with van der Waals surface area (Å²) in [6.45, 7) is 1.57. The molecule has 0 saturated heterocycles. The first-order valence-corrected chi connectivity index (χ1v) is 8.62. The Hall–Kier alpha value is -1.76. The fourth-order valence-electron chi connectivity index (χ4n) is 3.30. The van der Waals surface area contributed by atoms with E-state index >= 15 is 0 Å². The zero-order valence-electron chi connectivity index (χ0n) is 14.9. The molecule has 0 atom stereocenters. The van der Waals surface area contributed by atoms with Crippen molar-refractivity contribution in [3.05, 3.63) is 42.9 Å². The van der Waals surface area contributed by atoms with Gasteiger partial charge in [0.1, 0.15) is 5.52 Å². The van der Waals surface area contributed by atoms with Crippen molar-refractivity contribution in [1.29, 1.82) is 0 Å². The van der Waals surface area contributed by atoms with Gasteiger partial charge in [0, 0.05) is 24.8 Å². The molecule has 2 heterocycles. The van der Waals surface area contributed by atoms with Crippen LogP contribution in [-0.4, -0.2) is 32.6 Å². The molecule has 3 aromatic rings. The summed E-state index contributed by atoms with van der Waals surface area (Å²) in [5, 5.41) is 6.66. The molecule has 9 heteroatoms. The van der Waals surface area contributed by atoms with E-state index in [1.54, 1.807) is 6.20 Å². The second-order valence-corrected chi connectivity index (χ2v) is 6.21. The molecule has 0 spiro atoms. The molecular weight excluding hydrogens is 407 g/mol. The van der Waals surface area contributed by atoms with E-state index in [9.17, 15) is 0 Å². The summed E-state index contributed by atoms with van der Waals surface area (Å²) in [7, 11) is 0. The van der Waals surface area contributed by atoms with Crippen LogP contribution in [0.25, 0.3) is 11.2 Å². The lowest BCUT2D eigenvalue weighted by Crippen LogP contribution is -2.15. The summed E-state index contributed by atoms with van der Waals surface area (Å²) in [6, 6.07) is 10.7. The molecule has 1 aromatic carbocycles. The summed E-state index contributed by atoms with van der Waals surface area (Å²) in [6.07, 6.45) is 8.76. The molecule has 1 fully saturated rings. The minimum Gasteiger partial charge on any atom is -0.383 e. The predicted octanol–water partition coefficient (Wildman–Crippen LogP) is 4.73. The maximum absolute atomic E-state index is 4.67. The zero-order chi connectivity index (χ0) is 16.2. The summed E-state index contributed by atoms with van der Waals surface area (Å²) >= 11 is 0. The number of para-hydroxylation sites is 1. The van der Waals surface area contributed by atoms with Crippen LogP contribution >= 0.6 is 37.2 Å². The Bertz CT molecular complexity index is 805. The number of benzene rings is 1. The molecule has 27 heavy (non-hydrogen) atoms.